The molecule has 2 aliphatic rings. The maximum absolute atomic E-state index is 6.35. The van der Waals surface area contributed by atoms with Crippen molar-refractivity contribution >= 4 is 21.9 Å². The lowest BCUT2D eigenvalue weighted by Gasteiger charge is -2.32. The Morgan fingerprint density at radius 2 is 1.31 bits per heavy atom. The molecule has 2 nitrogen and oxygen atoms in total. The van der Waals surface area contributed by atoms with Gasteiger partial charge in [0.25, 0.3) is 0 Å². The van der Waals surface area contributed by atoms with Crippen molar-refractivity contribution in [1.82, 2.24) is 4.90 Å². The van der Waals surface area contributed by atoms with Crippen molar-refractivity contribution in [1.29, 1.82) is 0 Å². The van der Waals surface area contributed by atoms with Crippen molar-refractivity contribution < 1.29 is 4.42 Å². The van der Waals surface area contributed by atoms with Gasteiger partial charge in [0.2, 0.25) is 0 Å². The van der Waals surface area contributed by atoms with E-state index >= 15 is 0 Å². The second kappa shape index (κ2) is 6.96. The van der Waals surface area contributed by atoms with E-state index in [2.05, 4.69) is 122 Å². The summed E-state index contributed by atoms with van der Waals surface area (Å²) in [7, 11) is 4.32. The Kier molecular flexibility index (Phi) is 3.89. The Morgan fingerprint density at radius 3 is 2.14 bits per heavy atom. The number of furan rings is 1. The fraction of sp³-hybridized carbons (Fsp3) is 0.118. The first-order valence-electron chi connectivity index (χ1n) is 12.6. The summed E-state index contributed by atoms with van der Waals surface area (Å²) in [5.74, 6) is 0. The Morgan fingerprint density at radius 1 is 0.611 bits per heavy atom. The molecule has 36 heavy (non-hydrogen) atoms. The molecular formula is C34H25NO. The molecule has 2 heteroatoms. The van der Waals surface area contributed by atoms with Gasteiger partial charge in [-0.1, -0.05) is 91.0 Å². The summed E-state index contributed by atoms with van der Waals surface area (Å²) in [4.78, 5) is 2.28. The molecule has 1 aromatic heterocycles. The van der Waals surface area contributed by atoms with Crippen LogP contribution in [0.4, 0.5) is 0 Å². The second-order valence-electron chi connectivity index (χ2n) is 10.4. The normalized spacial score (nSPS) is 17.1. The number of benzene rings is 5. The maximum atomic E-state index is 6.35. The lowest BCUT2D eigenvalue weighted by atomic mass is 9.69. The molecule has 6 aromatic rings. The lowest BCUT2D eigenvalue weighted by molar-refractivity contribution is 0.400. The average Bonchev–Trinajstić information content (AvgIpc) is 3.52. The summed E-state index contributed by atoms with van der Waals surface area (Å²) in [6.07, 6.45) is 0. The van der Waals surface area contributed by atoms with E-state index in [0.717, 1.165) is 17.7 Å². The van der Waals surface area contributed by atoms with Gasteiger partial charge in [0.15, 0.2) is 0 Å². The van der Waals surface area contributed by atoms with Crippen LogP contribution in [0.2, 0.25) is 0 Å². The standard InChI is InChI=1S/C34H25NO/c1-35(2)20-21-10-9-14-23-22-11-3-6-15-26(22)34(33(21)23)27-16-7-4-12-24(27)31-28(34)18-19-30-32(31)25-13-5-8-17-29(25)36-30/h3-19H,20H2,1-2H3. The molecule has 0 saturated heterocycles. The Bertz CT molecular complexity index is 1860. The number of fused-ring (bicyclic) bond motifs is 14. The van der Waals surface area contributed by atoms with Gasteiger partial charge in [-0.3, -0.25) is 0 Å². The molecule has 0 saturated carbocycles. The van der Waals surface area contributed by atoms with E-state index < -0.39 is 0 Å². The van der Waals surface area contributed by atoms with E-state index in [4.69, 9.17) is 4.42 Å². The van der Waals surface area contributed by atoms with E-state index in [1.54, 1.807) is 0 Å². The quantitative estimate of drug-likeness (QED) is 0.258. The Labute approximate surface area is 210 Å². The predicted molar refractivity (Wildman–Crippen MR) is 147 cm³/mol. The van der Waals surface area contributed by atoms with Crippen LogP contribution >= 0.6 is 0 Å². The molecule has 0 radical (unpaired) electrons. The largest absolute Gasteiger partial charge is 0.456 e. The smallest absolute Gasteiger partial charge is 0.136 e. The summed E-state index contributed by atoms with van der Waals surface area (Å²) in [5, 5.41) is 2.41. The topological polar surface area (TPSA) is 16.4 Å². The molecule has 0 bridgehead atoms. The van der Waals surface area contributed by atoms with Crippen LogP contribution in [0.25, 0.3) is 44.2 Å². The second-order valence-corrected chi connectivity index (χ2v) is 10.4. The zero-order valence-corrected chi connectivity index (χ0v) is 20.4. The lowest BCUT2D eigenvalue weighted by Crippen LogP contribution is -2.28. The molecule has 8 rings (SSSR count). The Balaban J connectivity index is 1.61. The number of rotatable bonds is 2. The van der Waals surface area contributed by atoms with Crippen LogP contribution in [0, 0.1) is 0 Å². The van der Waals surface area contributed by atoms with Crippen LogP contribution in [0.5, 0.6) is 0 Å². The molecule has 0 fully saturated rings. The molecule has 1 spiro atoms. The average molecular weight is 464 g/mol. The van der Waals surface area contributed by atoms with Gasteiger partial charge >= 0.3 is 0 Å². The van der Waals surface area contributed by atoms with E-state index in [-0.39, 0.29) is 5.41 Å². The number of hydrogen-bond donors (Lipinski definition) is 0. The number of nitrogens with zero attached hydrogens (tertiary/aromatic N) is 1. The van der Waals surface area contributed by atoms with Crippen molar-refractivity contribution in [2.45, 2.75) is 12.0 Å². The van der Waals surface area contributed by atoms with Crippen LogP contribution in [-0.4, -0.2) is 19.0 Å². The molecule has 1 heterocycles. The van der Waals surface area contributed by atoms with E-state index in [9.17, 15) is 0 Å². The highest BCUT2D eigenvalue weighted by atomic mass is 16.3. The number of para-hydroxylation sites is 1. The molecule has 0 amide bonds. The first-order chi connectivity index (χ1) is 17.7. The van der Waals surface area contributed by atoms with Crippen LogP contribution in [0.1, 0.15) is 27.8 Å². The van der Waals surface area contributed by atoms with Crippen LogP contribution in [0.3, 0.4) is 0 Å². The van der Waals surface area contributed by atoms with Crippen molar-refractivity contribution in [3.63, 3.8) is 0 Å². The third-order valence-electron chi connectivity index (χ3n) is 8.18. The van der Waals surface area contributed by atoms with Crippen molar-refractivity contribution in [3.8, 4) is 22.3 Å². The van der Waals surface area contributed by atoms with Gasteiger partial charge in [0.05, 0.1) is 5.41 Å². The van der Waals surface area contributed by atoms with Crippen molar-refractivity contribution in [2.24, 2.45) is 0 Å². The number of hydrogen-bond acceptors (Lipinski definition) is 2. The fourth-order valence-electron chi connectivity index (χ4n) is 7.06. The van der Waals surface area contributed by atoms with E-state index in [1.165, 1.54) is 60.8 Å². The van der Waals surface area contributed by atoms with Crippen molar-refractivity contribution in [3.05, 3.63) is 131 Å². The van der Waals surface area contributed by atoms with E-state index in [1.807, 2.05) is 0 Å². The van der Waals surface area contributed by atoms with Gasteiger partial charge < -0.3 is 9.32 Å². The molecular weight excluding hydrogens is 438 g/mol. The summed E-state index contributed by atoms with van der Waals surface area (Å²) in [6, 6.07) is 37.9. The van der Waals surface area contributed by atoms with Gasteiger partial charge in [0.1, 0.15) is 11.2 Å². The SMILES string of the molecule is CN(C)Cc1cccc2c1C1(c3ccccc3-2)c2ccccc2-c2c1ccc1oc3ccccc3c21. The zero-order chi connectivity index (χ0) is 24.0. The minimum atomic E-state index is -0.350. The molecule has 172 valence electrons. The minimum Gasteiger partial charge on any atom is -0.456 e. The third kappa shape index (κ3) is 2.31. The van der Waals surface area contributed by atoms with Gasteiger partial charge in [-0.25, -0.2) is 0 Å². The van der Waals surface area contributed by atoms with Gasteiger partial charge in [-0.15, -0.1) is 0 Å². The Hall–Kier alpha value is -4.14. The molecule has 0 aliphatic heterocycles. The molecule has 2 aliphatic carbocycles. The van der Waals surface area contributed by atoms with E-state index in [0.29, 0.717) is 0 Å². The van der Waals surface area contributed by atoms with Gasteiger partial charge in [-0.2, -0.15) is 0 Å². The van der Waals surface area contributed by atoms with Crippen LogP contribution in [-0.2, 0) is 12.0 Å². The van der Waals surface area contributed by atoms with Gasteiger partial charge in [-0.05, 0) is 76.3 Å². The molecule has 1 unspecified atom stereocenters. The fourth-order valence-corrected chi connectivity index (χ4v) is 7.06. The van der Waals surface area contributed by atoms with Crippen molar-refractivity contribution in [2.75, 3.05) is 14.1 Å². The molecule has 0 N–H and O–H groups in total. The zero-order valence-electron chi connectivity index (χ0n) is 20.4. The molecule has 1 atom stereocenters. The highest BCUT2D eigenvalue weighted by Gasteiger charge is 2.53. The van der Waals surface area contributed by atoms with Crippen LogP contribution in [0.15, 0.2) is 108 Å². The minimum absolute atomic E-state index is 0.350. The summed E-state index contributed by atoms with van der Waals surface area (Å²) in [6.45, 7) is 0.896. The summed E-state index contributed by atoms with van der Waals surface area (Å²) >= 11 is 0. The third-order valence-corrected chi connectivity index (χ3v) is 8.18. The first-order valence-corrected chi connectivity index (χ1v) is 12.6. The monoisotopic (exact) mass is 463 g/mol. The summed E-state index contributed by atoms with van der Waals surface area (Å²) < 4.78 is 6.35. The molecule has 5 aromatic carbocycles. The predicted octanol–water partition coefficient (Wildman–Crippen LogP) is 7.99. The van der Waals surface area contributed by atoms with Crippen LogP contribution < -0.4 is 0 Å². The highest BCUT2D eigenvalue weighted by molar-refractivity contribution is 6.16. The first kappa shape index (κ1) is 20.1. The van der Waals surface area contributed by atoms with Gasteiger partial charge in [0, 0.05) is 17.3 Å². The highest BCUT2D eigenvalue weighted by Crippen LogP contribution is 2.64. The summed E-state index contributed by atoms with van der Waals surface area (Å²) in [5.41, 5.74) is 13.8. The maximum Gasteiger partial charge on any atom is 0.136 e.